The number of nitrogens with zero attached hydrogens (tertiary/aromatic N) is 2. The Kier molecular flexibility index (Phi) is 6.21. The number of nitrogens with one attached hydrogen (secondary N) is 1. The van der Waals surface area contributed by atoms with Crippen molar-refractivity contribution >= 4 is 46.8 Å². The fraction of sp³-hybridized carbons (Fsp3) is 0.444. The van der Waals surface area contributed by atoms with Crippen molar-refractivity contribution in [3.63, 3.8) is 0 Å². The summed E-state index contributed by atoms with van der Waals surface area (Å²) in [5.74, 6) is 0.375. The monoisotopic (exact) mass is 523 g/mol. The van der Waals surface area contributed by atoms with Crippen molar-refractivity contribution in [2.75, 3.05) is 18.5 Å². The van der Waals surface area contributed by atoms with Gasteiger partial charge in [0.1, 0.15) is 5.75 Å². The number of anilines is 1. The van der Waals surface area contributed by atoms with Crippen molar-refractivity contribution < 1.29 is 18.8 Å². The highest BCUT2D eigenvalue weighted by Gasteiger charge is 2.43. The van der Waals surface area contributed by atoms with Crippen molar-refractivity contribution in [2.45, 2.75) is 64.3 Å². The SMILES string of the molecule is C[C@@H]([C@@H](CO[Si](C)(C)C(C)(C)C)Nc1nc2c3c(ccc2s1)OCC3)N1C(=O)c2ccccc2C1=O. The van der Waals surface area contributed by atoms with Crippen molar-refractivity contribution in [1.29, 1.82) is 0 Å². The standard InChI is InChI=1S/C27H33N3O4SSi/c1-16(30-24(31)17-9-7-8-10-18(17)25(30)32)20(15-34-36(5,6)27(2,3)4)28-26-29-23-19-13-14-33-21(19)11-12-22(23)35-26/h7-12,16,20H,13-15H2,1-6H3,(H,28,29)/t16-,20+/m0/s1. The molecule has 0 radical (unpaired) electrons. The Morgan fingerprint density at radius 2 is 1.81 bits per heavy atom. The Bertz CT molecular complexity index is 1310. The summed E-state index contributed by atoms with van der Waals surface area (Å²) in [5.41, 5.74) is 3.00. The molecule has 2 amide bonds. The lowest BCUT2D eigenvalue weighted by Gasteiger charge is -2.39. The minimum atomic E-state index is -2.08. The lowest BCUT2D eigenvalue weighted by atomic mass is 10.1. The van der Waals surface area contributed by atoms with Gasteiger partial charge in [-0.05, 0) is 49.3 Å². The minimum Gasteiger partial charge on any atom is -0.493 e. The lowest BCUT2D eigenvalue weighted by molar-refractivity contribution is 0.0565. The molecule has 0 saturated heterocycles. The molecule has 0 bridgehead atoms. The molecule has 3 heterocycles. The van der Waals surface area contributed by atoms with Gasteiger partial charge in [0, 0.05) is 12.0 Å². The van der Waals surface area contributed by atoms with Crippen LogP contribution in [0.5, 0.6) is 5.75 Å². The number of hydrogen-bond acceptors (Lipinski definition) is 7. The number of amides is 2. The summed E-state index contributed by atoms with van der Waals surface area (Å²) in [6.45, 7) is 14.0. The smallest absolute Gasteiger partial charge is 0.261 e. The van der Waals surface area contributed by atoms with Gasteiger partial charge in [-0.3, -0.25) is 14.5 Å². The highest BCUT2D eigenvalue weighted by Crippen LogP contribution is 2.39. The third-order valence-electron chi connectivity index (χ3n) is 7.79. The zero-order valence-electron chi connectivity index (χ0n) is 21.7. The van der Waals surface area contributed by atoms with Crippen LogP contribution in [0.2, 0.25) is 18.1 Å². The first-order chi connectivity index (χ1) is 17.0. The summed E-state index contributed by atoms with van der Waals surface area (Å²) in [4.78, 5) is 32.8. The molecular formula is C27H33N3O4SSi. The second kappa shape index (κ2) is 8.97. The van der Waals surface area contributed by atoms with Crippen LogP contribution in [0.25, 0.3) is 10.2 Å². The van der Waals surface area contributed by atoms with E-state index in [1.165, 1.54) is 4.90 Å². The van der Waals surface area contributed by atoms with Crippen LogP contribution >= 0.6 is 11.3 Å². The molecule has 2 atom stereocenters. The molecule has 1 N–H and O–H groups in total. The summed E-state index contributed by atoms with van der Waals surface area (Å²) in [6.07, 6.45) is 0.846. The van der Waals surface area contributed by atoms with Gasteiger partial charge >= 0.3 is 0 Å². The van der Waals surface area contributed by atoms with Gasteiger partial charge in [0.05, 0.1) is 46.6 Å². The van der Waals surface area contributed by atoms with E-state index in [9.17, 15) is 9.59 Å². The molecular weight excluding hydrogens is 490 g/mol. The molecule has 0 unspecified atom stereocenters. The summed E-state index contributed by atoms with van der Waals surface area (Å²) >= 11 is 1.57. The zero-order valence-corrected chi connectivity index (χ0v) is 23.5. The van der Waals surface area contributed by atoms with Crippen molar-refractivity contribution in [1.82, 2.24) is 9.88 Å². The minimum absolute atomic E-state index is 0.0344. The van der Waals surface area contributed by atoms with E-state index in [0.29, 0.717) is 24.3 Å². The predicted molar refractivity (Wildman–Crippen MR) is 146 cm³/mol. The van der Waals surface area contributed by atoms with E-state index in [1.807, 2.05) is 19.1 Å². The summed E-state index contributed by atoms with van der Waals surface area (Å²) in [7, 11) is -2.08. The van der Waals surface area contributed by atoms with E-state index in [1.54, 1.807) is 35.6 Å². The third kappa shape index (κ3) is 4.23. The third-order valence-corrected chi connectivity index (χ3v) is 13.2. The van der Waals surface area contributed by atoms with E-state index in [2.05, 4.69) is 39.2 Å². The van der Waals surface area contributed by atoms with E-state index in [0.717, 1.165) is 33.1 Å². The average Bonchev–Trinajstić information content (AvgIpc) is 3.52. The number of rotatable bonds is 7. The zero-order chi connectivity index (χ0) is 25.8. The fourth-order valence-electron chi connectivity index (χ4n) is 4.46. The largest absolute Gasteiger partial charge is 0.493 e. The highest BCUT2D eigenvalue weighted by molar-refractivity contribution is 7.22. The predicted octanol–water partition coefficient (Wildman–Crippen LogP) is 5.72. The molecule has 0 spiro atoms. The molecule has 0 fully saturated rings. The number of benzene rings is 2. The van der Waals surface area contributed by atoms with E-state index in [-0.39, 0.29) is 22.9 Å². The van der Waals surface area contributed by atoms with Gasteiger partial charge in [-0.1, -0.05) is 44.2 Å². The number of ether oxygens (including phenoxy) is 1. The van der Waals surface area contributed by atoms with Crippen LogP contribution in [-0.4, -0.2) is 55.3 Å². The average molecular weight is 524 g/mol. The van der Waals surface area contributed by atoms with Crippen molar-refractivity contribution in [2.24, 2.45) is 0 Å². The molecule has 2 aliphatic heterocycles. The van der Waals surface area contributed by atoms with Crippen molar-refractivity contribution in [3.8, 4) is 5.75 Å². The molecule has 1 aromatic heterocycles. The normalized spacial score (nSPS) is 17.2. The molecule has 36 heavy (non-hydrogen) atoms. The van der Waals surface area contributed by atoms with Gasteiger partial charge in [0.2, 0.25) is 0 Å². The fourth-order valence-corrected chi connectivity index (χ4v) is 6.45. The van der Waals surface area contributed by atoms with Crippen LogP contribution in [-0.2, 0) is 10.8 Å². The highest BCUT2D eigenvalue weighted by atomic mass is 32.1. The Balaban J connectivity index is 1.45. The molecule has 2 aliphatic rings. The number of carbonyl (C=O) groups is 2. The van der Waals surface area contributed by atoms with E-state index < -0.39 is 14.4 Å². The molecule has 2 aromatic carbocycles. The summed E-state index contributed by atoms with van der Waals surface area (Å²) in [6, 6.07) is 10.3. The Morgan fingerprint density at radius 1 is 1.14 bits per heavy atom. The Hall–Kier alpha value is -2.75. The van der Waals surface area contributed by atoms with Crippen LogP contribution in [0.15, 0.2) is 36.4 Å². The van der Waals surface area contributed by atoms with Crippen LogP contribution < -0.4 is 10.1 Å². The number of imide groups is 1. The first-order valence-corrected chi connectivity index (χ1v) is 16.1. The first kappa shape index (κ1) is 24.9. The molecule has 5 rings (SSSR count). The Labute approximate surface area is 216 Å². The summed E-state index contributed by atoms with van der Waals surface area (Å²) in [5, 5.41) is 4.33. The molecule has 7 nitrogen and oxygen atoms in total. The van der Waals surface area contributed by atoms with Gasteiger partial charge < -0.3 is 14.5 Å². The van der Waals surface area contributed by atoms with Crippen molar-refractivity contribution in [3.05, 3.63) is 53.1 Å². The second-order valence-corrected chi connectivity index (χ2v) is 16.9. The molecule has 190 valence electrons. The topological polar surface area (TPSA) is 80.8 Å². The van der Waals surface area contributed by atoms with Gasteiger partial charge in [-0.2, -0.15) is 0 Å². The van der Waals surface area contributed by atoms with E-state index >= 15 is 0 Å². The quantitative estimate of drug-likeness (QED) is 0.315. The van der Waals surface area contributed by atoms with Crippen LogP contribution in [0.1, 0.15) is 54.0 Å². The maximum atomic E-state index is 13.3. The molecule has 0 saturated carbocycles. The first-order valence-electron chi connectivity index (χ1n) is 12.4. The lowest BCUT2D eigenvalue weighted by Crippen LogP contribution is -2.52. The maximum absolute atomic E-state index is 13.3. The molecule has 0 aliphatic carbocycles. The number of carbonyl (C=O) groups excluding carboxylic acids is 2. The van der Waals surface area contributed by atoms with Gasteiger partial charge in [-0.15, -0.1) is 0 Å². The van der Waals surface area contributed by atoms with E-state index in [4.69, 9.17) is 14.1 Å². The number of fused-ring (bicyclic) bond motifs is 4. The molecule has 3 aromatic rings. The number of aromatic nitrogens is 1. The van der Waals surface area contributed by atoms with Crippen LogP contribution in [0, 0.1) is 0 Å². The maximum Gasteiger partial charge on any atom is 0.261 e. The number of thiazole rings is 1. The van der Waals surface area contributed by atoms with Gasteiger partial charge in [-0.25, -0.2) is 4.98 Å². The van der Waals surface area contributed by atoms with Gasteiger partial charge in [0.15, 0.2) is 13.4 Å². The Morgan fingerprint density at radius 3 is 2.44 bits per heavy atom. The summed E-state index contributed by atoms with van der Waals surface area (Å²) < 4.78 is 13.4. The number of hydrogen-bond donors (Lipinski definition) is 1. The van der Waals surface area contributed by atoms with Crippen LogP contribution in [0.4, 0.5) is 5.13 Å². The molecule has 9 heteroatoms. The van der Waals surface area contributed by atoms with Gasteiger partial charge in [0.25, 0.3) is 11.8 Å². The van der Waals surface area contributed by atoms with Crippen LogP contribution in [0.3, 0.4) is 0 Å². The second-order valence-electron chi connectivity index (χ2n) is 11.1.